The number of hydrogen-bond acceptors (Lipinski definition) is 5. The molecule has 3 aromatic heterocycles. The molecule has 7 heteroatoms. The van der Waals surface area contributed by atoms with Crippen LogP contribution >= 0.6 is 0 Å². The zero-order chi connectivity index (χ0) is 19.0. The van der Waals surface area contributed by atoms with Crippen molar-refractivity contribution < 1.29 is 4.79 Å². The molecule has 3 aromatic rings. The SMILES string of the molecule is CC(=O)N1CCc2nc(N)c(C#N)c(-c3cccn3-c3ccncc3)c2C1. The summed E-state index contributed by atoms with van der Waals surface area (Å²) in [7, 11) is 0. The number of hydrogen-bond donors (Lipinski definition) is 1. The zero-order valence-corrected chi connectivity index (χ0v) is 14.9. The maximum absolute atomic E-state index is 11.9. The summed E-state index contributed by atoms with van der Waals surface area (Å²) in [5, 5.41) is 9.77. The normalized spacial score (nSPS) is 13.1. The van der Waals surface area contributed by atoms with Crippen molar-refractivity contribution in [3.05, 3.63) is 59.7 Å². The summed E-state index contributed by atoms with van der Waals surface area (Å²) in [4.78, 5) is 22.2. The summed E-state index contributed by atoms with van der Waals surface area (Å²) < 4.78 is 1.99. The average Bonchev–Trinajstić information content (AvgIpc) is 3.16. The van der Waals surface area contributed by atoms with Crippen LogP contribution in [0.15, 0.2) is 42.9 Å². The minimum absolute atomic E-state index is 0.00597. The van der Waals surface area contributed by atoms with Crippen LogP contribution in [0.5, 0.6) is 0 Å². The van der Waals surface area contributed by atoms with E-state index in [1.54, 1.807) is 24.2 Å². The lowest BCUT2D eigenvalue weighted by Gasteiger charge is -2.30. The lowest BCUT2D eigenvalue weighted by atomic mass is 9.93. The van der Waals surface area contributed by atoms with Crippen LogP contribution in [0.25, 0.3) is 16.9 Å². The molecule has 1 aliphatic rings. The van der Waals surface area contributed by atoms with Crippen LogP contribution in [0.4, 0.5) is 5.82 Å². The van der Waals surface area contributed by atoms with Gasteiger partial charge in [0.15, 0.2) is 0 Å². The van der Waals surface area contributed by atoms with Crippen LogP contribution < -0.4 is 5.73 Å². The van der Waals surface area contributed by atoms with Crippen LogP contribution in [0.3, 0.4) is 0 Å². The van der Waals surface area contributed by atoms with Gasteiger partial charge in [0, 0.05) is 61.8 Å². The van der Waals surface area contributed by atoms with E-state index in [9.17, 15) is 10.1 Å². The molecule has 1 amide bonds. The summed E-state index contributed by atoms with van der Waals surface area (Å²) in [6.07, 6.45) is 5.99. The van der Waals surface area contributed by atoms with Crippen LogP contribution in [0.1, 0.15) is 23.7 Å². The Hall–Kier alpha value is -3.66. The van der Waals surface area contributed by atoms with Gasteiger partial charge in [-0.25, -0.2) is 4.98 Å². The molecule has 0 saturated heterocycles. The van der Waals surface area contributed by atoms with Crippen molar-refractivity contribution in [3.63, 3.8) is 0 Å². The highest BCUT2D eigenvalue weighted by atomic mass is 16.2. The molecular formula is C20H18N6O. The quantitative estimate of drug-likeness (QED) is 0.757. The molecule has 0 spiro atoms. The topological polar surface area (TPSA) is 101 Å². The van der Waals surface area contributed by atoms with Crippen molar-refractivity contribution in [1.29, 1.82) is 5.26 Å². The summed E-state index contributed by atoms with van der Waals surface area (Å²) >= 11 is 0. The predicted molar refractivity (Wildman–Crippen MR) is 101 cm³/mol. The maximum Gasteiger partial charge on any atom is 0.219 e. The number of nitrogens with zero attached hydrogens (tertiary/aromatic N) is 5. The van der Waals surface area contributed by atoms with Gasteiger partial charge in [-0.15, -0.1) is 0 Å². The molecule has 27 heavy (non-hydrogen) atoms. The third-order valence-corrected chi connectivity index (χ3v) is 4.88. The number of fused-ring (bicyclic) bond motifs is 1. The van der Waals surface area contributed by atoms with Crippen LogP contribution in [0, 0.1) is 11.3 Å². The molecular weight excluding hydrogens is 340 g/mol. The van der Waals surface area contributed by atoms with Gasteiger partial charge in [-0.05, 0) is 24.3 Å². The van der Waals surface area contributed by atoms with Gasteiger partial charge < -0.3 is 15.2 Å². The fourth-order valence-electron chi connectivity index (χ4n) is 3.56. The molecule has 0 aliphatic carbocycles. The van der Waals surface area contributed by atoms with Gasteiger partial charge in [0.2, 0.25) is 5.91 Å². The largest absolute Gasteiger partial charge is 0.383 e. The number of nitrogens with two attached hydrogens (primary N) is 1. The van der Waals surface area contributed by atoms with E-state index in [0.717, 1.165) is 28.2 Å². The number of amides is 1. The summed E-state index contributed by atoms with van der Waals surface area (Å²) in [5.41, 5.74) is 10.7. The molecule has 0 atom stereocenters. The molecule has 4 rings (SSSR count). The van der Waals surface area contributed by atoms with E-state index < -0.39 is 0 Å². The van der Waals surface area contributed by atoms with Crippen molar-refractivity contribution >= 4 is 11.7 Å². The number of nitriles is 1. The molecule has 4 heterocycles. The molecule has 2 N–H and O–H groups in total. The first-order valence-corrected chi connectivity index (χ1v) is 8.65. The summed E-state index contributed by atoms with van der Waals surface area (Å²) in [5.74, 6) is 0.233. The van der Waals surface area contributed by atoms with E-state index in [2.05, 4.69) is 16.0 Å². The van der Waals surface area contributed by atoms with Gasteiger partial charge >= 0.3 is 0 Å². The number of carbonyl (C=O) groups is 1. The lowest BCUT2D eigenvalue weighted by Crippen LogP contribution is -2.35. The van der Waals surface area contributed by atoms with E-state index in [4.69, 9.17) is 5.73 Å². The van der Waals surface area contributed by atoms with Gasteiger partial charge in [0.05, 0.1) is 11.4 Å². The fourth-order valence-corrected chi connectivity index (χ4v) is 3.56. The maximum atomic E-state index is 11.9. The third kappa shape index (κ3) is 2.81. The second-order valence-corrected chi connectivity index (χ2v) is 6.44. The Kier molecular flexibility index (Phi) is 4.09. The van der Waals surface area contributed by atoms with Crippen molar-refractivity contribution in [3.8, 4) is 23.0 Å². The lowest BCUT2D eigenvalue weighted by molar-refractivity contribution is -0.129. The Morgan fingerprint density at radius 2 is 2.07 bits per heavy atom. The fraction of sp³-hybridized carbons (Fsp3) is 0.200. The Labute approximate surface area is 156 Å². The van der Waals surface area contributed by atoms with E-state index in [1.807, 2.05) is 35.0 Å². The number of aromatic nitrogens is 3. The van der Waals surface area contributed by atoms with E-state index in [0.29, 0.717) is 25.1 Å². The van der Waals surface area contributed by atoms with Crippen molar-refractivity contribution in [2.45, 2.75) is 19.9 Å². The minimum atomic E-state index is 0.00597. The van der Waals surface area contributed by atoms with Gasteiger partial charge in [-0.3, -0.25) is 9.78 Å². The van der Waals surface area contributed by atoms with Crippen LogP contribution in [-0.4, -0.2) is 31.9 Å². The Balaban J connectivity index is 1.97. The first-order chi connectivity index (χ1) is 13.1. The number of carbonyl (C=O) groups excluding carboxylic acids is 1. The summed E-state index contributed by atoms with van der Waals surface area (Å²) in [6.45, 7) is 2.58. The Morgan fingerprint density at radius 1 is 1.30 bits per heavy atom. The molecule has 134 valence electrons. The highest BCUT2D eigenvalue weighted by molar-refractivity contribution is 5.80. The van der Waals surface area contributed by atoms with E-state index in [1.165, 1.54) is 0 Å². The smallest absolute Gasteiger partial charge is 0.219 e. The van der Waals surface area contributed by atoms with Crippen LogP contribution in [-0.2, 0) is 17.8 Å². The first-order valence-electron chi connectivity index (χ1n) is 8.65. The Morgan fingerprint density at radius 3 is 2.78 bits per heavy atom. The zero-order valence-electron chi connectivity index (χ0n) is 14.9. The molecule has 0 unspecified atom stereocenters. The highest BCUT2D eigenvalue weighted by Gasteiger charge is 2.27. The monoisotopic (exact) mass is 358 g/mol. The van der Waals surface area contributed by atoms with Gasteiger partial charge in [-0.1, -0.05) is 0 Å². The average molecular weight is 358 g/mol. The molecule has 7 nitrogen and oxygen atoms in total. The van der Waals surface area contributed by atoms with Crippen molar-refractivity contribution in [2.75, 3.05) is 12.3 Å². The number of anilines is 1. The molecule has 1 aliphatic heterocycles. The first kappa shape index (κ1) is 16.8. The number of rotatable bonds is 2. The van der Waals surface area contributed by atoms with Crippen molar-refractivity contribution in [1.82, 2.24) is 19.4 Å². The van der Waals surface area contributed by atoms with Crippen LogP contribution in [0.2, 0.25) is 0 Å². The highest BCUT2D eigenvalue weighted by Crippen LogP contribution is 2.36. The van der Waals surface area contributed by atoms with Crippen molar-refractivity contribution in [2.24, 2.45) is 0 Å². The summed E-state index contributed by atoms with van der Waals surface area (Å²) in [6, 6.07) is 9.87. The standard InChI is InChI=1S/C20H18N6O/c1-13(27)25-10-6-17-16(12-25)19(15(11-21)20(22)24-17)18-3-2-9-26(18)14-4-7-23-8-5-14/h2-5,7-9H,6,10,12H2,1H3,(H2,22,24). The number of nitrogen functional groups attached to an aromatic ring is 1. The van der Waals surface area contributed by atoms with Gasteiger partial charge in [-0.2, -0.15) is 5.26 Å². The molecule has 0 aromatic carbocycles. The predicted octanol–water partition coefficient (Wildman–Crippen LogP) is 2.29. The minimum Gasteiger partial charge on any atom is -0.383 e. The van der Waals surface area contributed by atoms with Gasteiger partial charge in [0.1, 0.15) is 17.5 Å². The third-order valence-electron chi connectivity index (χ3n) is 4.88. The molecule has 0 saturated carbocycles. The molecule has 0 radical (unpaired) electrons. The second kappa shape index (κ2) is 6.57. The molecule has 0 fully saturated rings. The second-order valence-electron chi connectivity index (χ2n) is 6.44. The Bertz CT molecular complexity index is 1060. The number of pyridine rings is 2. The van der Waals surface area contributed by atoms with Gasteiger partial charge in [0.25, 0.3) is 0 Å². The van der Waals surface area contributed by atoms with E-state index in [-0.39, 0.29) is 11.7 Å². The molecule has 0 bridgehead atoms. The van der Waals surface area contributed by atoms with E-state index >= 15 is 0 Å².